The molecule has 2 saturated carbocycles. The minimum absolute atomic E-state index is 0.519. The van der Waals surface area contributed by atoms with Crippen LogP contribution in [0.5, 0.6) is 0 Å². The number of nitrogens with one attached hydrogen (secondary N) is 1. The molecule has 0 aromatic heterocycles. The summed E-state index contributed by atoms with van der Waals surface area (Å²) in [4.78, 5) is 6.51. The van der Waals surface area contributed by atoms with Crippen molar-refractivity contribution in [2.75, 3.05) is 47.0 Å². The van der Waals surface area contributed by atoms with Crippen LogP contribution in [0.4, 0.5) is 0 Å². The van der Waals surface area contributed by atoms with Crippen molar-refractivity contribution in [1.29, 1.82) is 0 Å². The standard InChI is InChI=1S/C20H39N3O2/c1-21-20(23(2)14-16-24-17-18-11-12-18)22-13-7-8-15-25-19-9-5-3-4-6-10-19/h18-19H,3-17H2,1-2H3,(H,21,22). The minimum Gasteiger partial charge on any atom is -0.379 e. The van der Waals surface area contributed by atoms with E-state index in [1.165, 1.54) is 51.4 Å². The predicted octanol–water partition coefficient (Wildman–Crippen LogP) is 3.44. The van der Waals surface area contributed by atoms with Crippen molar-refractivity contribution in [3.63, 3.8) is 0 Å². The Morgan fingerprint density at radius 1 is 1.04 bits per heavy atom. The first-order valence-electron chi connectivity index (χ1n) is 10.4. The molecule has 0 bridgehead atoms. The van der Waals surface area contributed by atoms with Gasteiger partial charge in [-0.05, 0) is 44.4 Å². The summed E-state index contributed by atoms with van der Waals surface area (Å²) >= 11 is 0. The highest BCUT2D eigenvalue weighted by Gasteiger charge is 2.21. The van der Waals surface area contributed by atoms with Gasteiger partial charge in [0.2, 0.25) is 0 Å². The lowest BCUT2D eigenvalue weighted by molar-refractivity contribution is 0.0411. The lowest BCUT2D eigenvalue weighted by Gasteiger charge is -2.22. The molecule has 0 aliphatic heterocycles. The van der Waals surface area contributed by atoms with Crippen LogP contribution in [0.15, 0.2) is 4.99 Å². The number of likely N-dealkylation sites (N-methyl/N-ethyl adjacent to an activating group) is 1. The molecule has 2 fully saturated rings. The van der Waals surface area contributed by atoms with Gasteiger partial charge in [0.15, 0.2) is 5.96 Å². The normalized spacial score (nSPS) is 19.7. The first-order valence-corrected chi connectivity index (χ1v) is 10.4. The van der Waals surface area contributed by atoms with Gasteiger partial charge < -0.3 is 19.7 Å². The number of aliphatic imine (C=N–C) groups is 1. The summed E-state index contributed by atoms with van der Waals surface area (Å²) in [5.41, 5.74) is 0. The molecule has 1 N–H and O–H groups in total. The molecule has 25 heavy (non-hydrogen) atoms. The molecule has 5 nitrogen and oxygen atoms in total. The molecule has 0 unspecified atom stereocenters. The second kappa shape index (κ2) is 12.5. The average Bonchev–Trinajstić information content (AvgIpc) is 3.45. The first-order chi connectivity index (χ1) is 12.3. The van der Waals surface area contributed by atoms with Crippen LogP contribution >= 0.6 is 0 Å². The van der Waals surface area contributed by atoms with Crippen molar-refractivity contribution < 1.29 is 9.47 Å². The lowest BCUT2D eigenvalue weighted by Crippen LogP contribution is -2.41. The van der Waals surface area contributed by atoms with Crippen molar-refractivity contribution in [3.8, 4) is 0 Å². The van der Waals surface area contributed by atoms with E-state index in [0.29, 0.717) is 6.10 Å². The molecule has 0 aromatic rings. The molecule has 146 valence electrons. The van der Waals surface area contributed by atoms with E-state index in [2.05, 4.69) is 22.3 Å². The fraction of sp³-hybridized carbons (Fsp3) is 0.950. The molecule has 0 saturated heterocycles. The predicted molar refractivity (Wildman–Crippen MR) is 104 cm³/mol. The van der Waals surface area contributed by atoms with Gasteiger partial charge in [0, 0.05) is 40.4 Å². The zero-order valence-corrected chi connectivity index (χ0v) is 16.5. The molecule has 0 amide bonds. The van der Waals surface area contributed by atoms with Crippen LogP contribution in [-0.2, 0) is 9.47 Å². The van der Waals surface area contributed by atoms with Gasteiger partial charge in [0.25, 0.3) is 0 Å². The van der Waals surface area contributed by atoms with Crippen LogP contribution in [-0.4, -0.2) is 64.0 Å². The zero-order valence-electron chi connectivity index (χ0n) is 16.5. The van der Waals surface area contributed by atoms with E-state index in [1.54, 1.807) is 0 Å². The molecule has 2 rings (SSSR count). The van der Waals surface area contributed by atoms with Crippen LogP contribution in [0.25, 0.3) is 0 Å². The van der Waals surface area contributed by atoms with Gasteiger partial charge in [-0.3, -0.25) is 4.99 Å². The van der Waals surface area contributed by atoms with Gasteiger partial charge in [0.05, 0.1) is 12.7 Å². The van der Waals surface area contributed by atoms with Crippen molar-refractivity contribution in [3.05, 3.63) is 0 Å². The minimum atomic E-state index is 0.519. The van der Waals surface area contributed by atoms with Crippen LogP contribution in [0.3, 0.4) is 0 Å². The Morgan fingerprint density at radius 3 is 2.48 bits per heavy atom. The van der Waals surface area contributed by atoms with E-state index in [4.69, 9.17) is 9.47 Å². The number of rotatable bonds is 11. The van der Waals surface area contributed by atoms with E-state index in [-0.39, 0.29) is 0 Å². The lowest BCUT2D eigenvalue weighted by atomic mass is 10.1. The Balaban J connectivity index is 1.45. The number of nitrogens with zero attached hydrogens (tertiary/aromatic N) is 2. The van der Waals surface area contributed by atoms with Gasteiger partial charge >= 0.3 is 0 Å². The maximum absolute atomic E-state index is 6.05. The summed E-state index contributed by atoms with van der Waals surface area (Å²) in [5.74, 6) is 1.79. The second-order valence-electron chi connectivity index (χ2n) is 7.61. The second-order valence-corrected chi connectivity index (χ2v) is 7.61. The summed E-state index contributed by atoms with van der Waals surface area (Å²) in [7, 11) is 3.92. The number of hydrogen-bond donors (Lipinski definition) is 1. The van der Waals surface area contributed by atoms with Crippen molar-refractivity contribution in [1.82, 2.24) is 10.2 Å². The SMILES string of the molecule is CN=C(NCCCCOC1CCCCCC1)N(C)CCOCC1CC1. The van der Waals surface area contributed by atoms with Crippen molar-refractivity contribution in [2.24, 2.45) is 10.9 Å². The Bertz CT molecular complexity index is 364. The number of unbranched alkanes of at least 4 members (excludes halogenated alkanes) is 1. The quantitative estimate of drug-likeness (QED) is 0.267. The molecule has 0 aromatic carbocycles. The fourth-order valence-corrected chi connectivity index (χ4v) is 3.31. The fourth-order valence-electron chi connectivity index (χ4n) is 3.31. The summed E-state index contributed by atoms with van der Waals surface area (Å²) in [6, 6.07) is 0. The first kappa shape index (κ1) is 20.5. The van der Waals surface area contributed by atoms with E-state index >= 15 is 0 Å². The third-order valence-electron chi connectivity index (χ3n) is 5.20. The van der Waals surface area contributed by atoms with Crippen LogP contribution in [0.1, 0.15) is 64.2 Å². The summed E-state index contributed by atoms with van der Waals surface area (Å²) in [6.07, 6.45) is 13.5. The molecule has 5 heteroatoms. The molecule has 0 atom stereocenters. The highest BCUT2D eigenvalue weighted by Crippen LogP contribution is 2.28. The molecule has 0 spiro atoms. The average molecular weight is 354 g/mol. The summed E-state index contributed by atoms with van der Waals surface area (Å²) in [6.45, 7) is 4.45. The highest BCUT2D eigenvalue weighted by molar-refractivity contribution is 5.79. The molecular weight excluding hydrogens is 314 g/mol. The van der Waals surface area contributed by atoms with Gasteiger partial charge in [-0.2, -0.15) is 0 Å². The van der Waals surface area contributed by atoms with Gasteiger partial charge in [-0.15, -0.1) is 0 Å². The van der Waals surface area contributed by atoms with Crippen LogP contribution in [0.2, 0.25) is 0 Å². The highest BCUT2D eigenvalue weighted by atomic mass is 16.5. The van der Waals surface area contributed by atoms with E-state index in [1.807, 2.05) is 7.05 Å². The van der Waals surface area contributed by atoms with Crippen LogP contribution < -0.4 is 5.32 Å². The Labute approximate surface area is 154 Å². The molecule has 0 radical (unpaired) electrons. The number of guanidine groups is 1. The maximum Gasteiger partial charge on any atom is 0.193 e. The molecule has 2 aliphatic carbocycles. The van der Waals surface area contributed by atoms with Crippen molar-refractivity contribution in [2.45, 2.75) is 70.3 Å². The Kier molecular flexibility index (Phi) is 10.3. The maximum atomic E-state index is 6.05. The number of ether oxygens (including phenoxy) is 2. The topological polar surface area (TPSA) is 46.1 Å². The van der Waals surface area contributed by atoms with Gasteiger partial charge in [0.1, 0.15) is 0 Å². The molecule has 0 heterocycles. The Morgan fingerprint density at radius 2 is 1.80 bits per heavy atom. The van der Waals surface area contributed by atoms with Gasteiger partial charge in [-0.1, -0.05) is 25.7 Å². The number of hydrogen-bond acceptors (Lipinski definition) is 3. The third-order valence-corrected chi connectivity index (χ3v) is 5.20. The van der Waals surface area contributed by atoms with Gasteiger partial charge in [-0.25, -0.2) is 0 Å². The van der Waals surface area contributed by atoms with E-state index in [9.17, 15) is 0 Å². The Hall–Kier alpha value is -0.810. The third kappa shape index (κ3) is 9.45. The van der Waals surface area contributed by atoms with Crippen LogP contribution in [0, 0.1) is 5.92 Å². The molecule has 2 aliphatic rings. The smallest absolute Gasteiger partial charge is 0.193 e. The largest absolute Gasteiger partial charge is 0.379 e. The van der Waals surface area contributed by atoms with E-state index < -0.39 is 0 Å². The van der Waals surface area contributed by atoms with E-state index in [0.717, 1.165) is 57.6 Å². The molecular formula is C20H39N3O2. The van der Waals surface area contributed by atoms with Crippen molar-refractivity contribution >= 4 is 5.96 Å². The zero-order chi connectivity index (χ0) is 17.7. The monoisotopic (exact) mass is 353 g/mol. The summed E-state index contributed by atoms with van der Waals surface area (Å²) < 4.78 is 11.8. The summed E-state index contributed by atoms with van der Waals surface area (Å²) in [5, 5.41) is 3.44.